The quantitative estimate of drug-likeness (QED) is 0.771. The number of thioether (sulfide) groups is 1. The van der Waals surface area contributed by atoms with Gasteiger partial charge in [0.25, 0.3) is 0 Å². The lowest BCUT2D eigenvalue weighted by Crippen LogP contribution is -2.23. The van der Waals surface area contributed by atoms with Crippen molar-refractivity contribution in [3.63, 3.8) is 0 Å². The lowest BCUT2D eigenvalue weighted by atomic mass is 9.98. The van der Waals surface area contributed by atoms with Crippen molar-refractivity contribution in [2.24, 2.45) is 0 Å². The minimum atomic E-state index is -0.424. The molecule has 0 spiro atoms. The summed E-state index contributed by atoms with van der Waals surface area (Å²) in [6.07, 6.45) is 0. The lowest BCUT2D eigenvalue weighted by Gasteiger charge is -2.20. The van der Waals surface area contributed by atoms with Crippen molar-refractivity contribution < 1.29 is 8.78 Å². The largest absolute Gasteiger partial charge is 0.306 e. The van der Waals surface area contributed by atoms with E-state index in [2.05, 4.69) is 12.2 Å². The molecule has 1 unspecified atom stereocenters. The van der Waals surface area contributed by atoms with Gasteiger partial charge >= 0.3 is 0 Å². The van der Waals surface area contributed by atoms with E-state index in [9.17, 15) is 8.78 Å². The molecule has 1 N–H and O–H groups in total. The van der Waals surface area contributed by atoms with Crippen LogP contribution in [-0.2, 0) is 0 Å². The van der Waals surface area contributed by atoms with Gasteiger partial charge in [-0.3, -0.25) is 0 Å². The van der Waals surface area contributed by atoms with Gasteiger partial charge in [-0.2, -0.15) is 0 Å². The Morgan fingerprint density at radius 3 is 2.38 bits per heavy atom. The maximum Gasteiger partial charge on any atom is 0.128 e. The maximum atomic E-state index is 14.0. The van der Waals surface area contributed by atoms with E-state index in [-0.39, 0.29) is 6.04 Å². The van der Waals surface area contributed by atoms with Crippen LogP contribution in [0.2, 0.25) is 0 Å². The van der Waals surface area contributed by atoms with Crippen LogP contribution in [0.1, 0.15) is 31.0 Å². The van der Waals surface area contributed by atoms with E-state index < -0.39 is 11.6 Å². The van der Waals surface area contributed by atoms with Gasteiger partial charge in [-0.25, -0.2) is 8.78 Å². The first-order chi connectivity index (χ1) is 10.2. The van der Waals surface area contributed by atoms with Gasteiger partial charge in [-0.05, 0) is 48.2 Å². The Balaban J connectivity index is 2.35. The van der Waals surface area contributed by atoms with Crippen LogP contribution in [0.15, 0.2) is 47.4 Å². The molecule has 1 atom stereocenters. The van der Waals surface area contributed by atoms with Crippen LogP contribution < -0.4 is 5.32 Å². The van der Waals surface area contributed by atoms with Crippen molar-refractivity contribution in [1.29, 1.82) is 0 Å². The summed E-state index contributed by atoms with van der Waals surface area (Å²) in [4.78, 5) is 1.18. The number of hydrogen-bond donors (Lipinski definition) is 1. The normalized spacial score (nSPS) is 12.4. The highest BCUT2D eigenvalue weighted by Gasteiger charge is 2.17. The number of nitrogens with one attached hydrogen (secondary N) is 1. The summed E-state index contributed by atoms with van der Waals surface area (Å²) >= 11 is 1.76. The van der Waals surface area contributed by atoms with E-state index in [1.807, 2.05) is 31.2 Å². The third-order valence-corrected chi connectivity index (χ3v) is 4.10. The molecule has 0 saturated heterocycles. The van der Waals surface area contributed by atoms with Crippen LogP contribution in [0.4, 0.5) is 8.78 Å². The molecule has 2 rings (SSSR count). The zero-order valence-electron chi connectivity index (χ0n) is 12.2. The lowest BCUT2D eigenvalue weighted by molar-refractivity contribution is 0.544. The summed E-state index contributed by atoms with van der Waals surface area (Å²) in [7, 11) is 0. The summed E-state index contributed by atoms with van der Waals surface area (Å²) in [6, 6.07) is 11.2. The number of benzene rings is 2. The SMILES string of the molecule is CCNC(c1ccc(SCC)cc1)c1cc(F)ccc1F. The Hall–Kier alpha value is -1.39. The number of rotatable bonds is 6. The van der Waals surface area contributed by atoms with E-state index >= 15 is 0 Å². The van der Waals surface area contributed by atoms with Crippen molar-refractivity contribution in [3.8, 4) is 0 Å². The first-order valence-corrected chi connectivity index (χ1v) is 8.05. The van der Waals surface area contributed by atoms with Gasteiger partial charge in [-0.15, -0.1) is 11.8 Å². The van der Waals surface area contributed by atoms with Crippen LogP contribution in [0, 0.1) is 11.6 Å². The van der Waals surface area contributed by atoms with Crippen molar-refractivity contribution in [1.82, 2.24) is 5.32 Å². The molecule has 2 aromatic rings. The molecule has 0 aliphatic carbocycles. The number of halogens is 2. The van der Waals surface area contributed by atoms with E-state index in [0.29, 0.717) is 12.1 Å². The van der Waals surface area contributed by atoms with E-state index in [4.69, 9.17) is 0 Å². The van der Waals surface area contributed by atoms with Gasteiger partial charge < -0.3 is 5.32 Å². The highest BCUT2D eigenvalue weighted by molar-refractivity contribution is 7.99. The molecule has 21 heavy (non-hydrogen) atoms. The predicted molar refractivity (Wildman–Crippen MR) is 84.7 cm³/mol. The Labute approximate surface area is 128 Å². The van der Waals surface area contributed by atoms with Crippen LogP contribution >= 0.6 is 11.8 Å². The minimum Gasteiger partial charge on any atom is -0.306 e. The second-order valence-corrected chi connectivity index (χ2v) is 6.00. The average molecular weight is 307 g/mol. The fraction of sp³-hybridized carbons (Fsp3) is 0.294. The smallest absolute Gasteiger partial charge is 0.128 e. The predicted octanol–water partition coefficient (Wildman–Crippen LogP) is 4.78. The van der Waals surface area contributed by atoms with Gasteiger partial charge in [0.05, 0.1) is 6.04 Å². The molecular weight excluding hydrogens is 288 g/mol. The van der Waals surface area contributed by atoms with E-state index in [1.54, 1.807) is 11.8 Å². The van der Waals surface area contributed by atoms with Crippen molar-refractivity contribution >= 4 is 11.8 Å². The van der Waals surface area contributed by atoms with E-state index in [0.717, 1.165) is 17.4 Å². The molecule has 0 aromatic heterocycles. The number of hydrogen-bond acceptors (Lipinski definition) is 2. The van der Waals surface area contributed by atoms with Gasteiger partial charge in [0.15, 0.2) is 0 Å². The van der Waals surface area contributed by atoms with Gasteiger partial charge in [-0.1, -0.05) is 26.0 Å². The third kappa shape index (κ3) is 4.05. The molecule has 0 fully saturated rings. The van der Waals surface area contributed by atoms with Crippen molar-refractivity contribution in [2.75, 3.05) is 12.3 Å². The first-order valence-electron chi connectivity index (χ1n) is 7.06. The Kier molecular flexibility index (Phi) is 5.76. The molecule has 2 aromatic carbocycles. The molecule has 0 heterocycles. The van der Waals surface area contributed by atoms with E-state index in [1.165, 1.54) is 17.0 Å². The Morgan fingerprint density at radius 1 is 1.05 bits per heavy atom. The molecule has 0 aliphatic rings. The van der Waals surface area contributed by atoms with Crippen molar-refractivity contribution in [2.45, 2.75) is 24.8 Å². The fourth-order valence-corrected chi connectivity index (χ4v) is 2.93. The standard InChI is InChI=1S/C17H19F2NS/c1-3-20-17(15-11-13(18)7-10-16(15)19)12-5-8-14(9-6-12)21-4-2/h5-11,17,20H,3-4H2,1-2H3. The van der Waals surface area contributed by atoms with Crippen LogP contribution in [-0.4, -0.2) is 12.3 Å². The molecule has 0 amide bonds. The second-order valence-electron chi connectivity index (χ2n) is 4.66. The molecular formula is C17H19F2NS. The topological polar surface area (TPSA) is 12.0 Å². The summed E-state index contributed by atoms with van der Waals surface area (Å²) < 4.78 is 27.4. The highest BCUT2D eigenvalue weighted by Crippen LogP contribution is 2.27. The molecule has 1 nitrogen and oxygen atoms in total. The zero-order chi connectivity index (χ0) is 15.2. The second kappa shape index (κ2) is 7.57. The summed E-state index contributed by atoms with van der Waals surface area (Å²) in [5.74, 6) is 0.191. The molecule has 0 bridgehead atoms. The van der Waals surface area contributed by atoms with Crippen LogP contribution in [0.5, 0.6) is 0 Å². The monoisotopic (exact) mass is 307 g/mol. The van der Waals surface area contributed by atoms with Crippen LogP contribution in [0.25, 0.3) is 0 Å². The average Bonchev–Trinajstić information content (AvgIpc) is 2.49. The summed E-state index contributed by atoms with van der Waals surface area (Å²) in [5, 5.41) is 3.22. The summed E-state index contributed by atoms with van der Waals surface area (Å²) in [5.41, 5.74) is 1.27. The molecule has 4 heteroatoms. The van der Waals surface area contributed by atoms with Gasteiger partial charge in [0.2, 0.25) is 0 Å². The maximum absolute atomic E-state index is 14.0. The van der Waals surface area contributed by atoms with Gasteiger partial charge in [0.1, 0.15) is 11.6 Å². The first kappa shape index (κ1) is 16.0. The summed E-state index contributed by atoms with van der Waals surface area (Å²) in [6.45, 7) is 4.72. The van der Waals surface area contributed by atoms with Gasteiger partial charge in [0, 0.05) is 10.5 Å². The molecule has 0 aliphatic heterocycles. The molecule has 112 valence electrons. The minimum absolute atomic E-state index is 0.341. The zero-order valence-corrected chi connectivity index (χ0v) is 13.0. The van der Waals surface area contributed by atoms with Crippen LogP contribution in [0.3, 0.4) is 0 Å². The highest BCUT2D eigenvalue weighted by atomic mass is 32.2. The molecule has 0 saturated carbocycles. The third-order valence-electron chi connectivity index (χ3n) is 3.20. The van der Waals surface area contributed by atoms with Crippen molar-refractivity contribution in [3.05, 3.63) is 65.2 Å². The Bertz CT molecular complexity index is 584. The molecule has 0 radical (unpaired) electrons. The Morgan fingerprint density at radius 2 is 1.76 bits per heavy atom. The fourth-order valence-electron chi connectivity index (χ4n) is 2.27.